The first kappa shape index (κ1) is 15.9. The third-order valence-corrected chi connectivity index (χ3v) is 4.76. The molecule has 6 heteroatoms. The minimum atomic E-state index is -0.404. The van der Waals surface area contributed by atoms with Crippen LogP contribution in [0.15, 0.2) is 55.7 Å². The fourth-order valence-corrected chi connectivity index (χ4v) is 3.28. The maximum atomic E-state index is 12.8. The lowest BCUT2D eigenvalue weighted by Crippen LogP contribution is -2.08. The fraction of sp³-hybridized carbons (Fsp3) is 0.158. The van der Waals surface area contributed by atoms with Crippen LogP contribution in [0.1, 0.15) is 22.3 Å². The van der Waals surface area contributed by atoms with Crippen molar-refractivity contribution < 1.29 is 13.9 Å². The Morgan fingerprint density at radius 3 is 2.84 bits per heavy atom. The van der Waals surface area contributed by atoms with Gasteiger partial charge in [0.15, 0.2) is 11.4 Å². The molecule has 0 saturated heterocycles. The Morgan fingerprint density at radius 2 is 2.00 bits per heavy atom. The van der Waals surface area contributed by atoms with Crippen molar-refractivity contribution in [3.05, 3.63) is 68.1 Å². The number of carbonyl (C=O) groups excluding carboxylic acids is 1. The molecule has 3 aromatic rings. The molecule has 2 aromatic carbocycles. The van der Waals surface area contributed by atoms with Gasteiger partial charge < -0.3 is 9.15 Å². The number of rotatable bonds is 1. The predicted octanol–water partition coefficient (Wildman–Crippen LogP) is 3.94. The summed E-state index contributed by atoms with van der Waals surface area (Å²) < 4.78 is 13.2. The van der Waals surface area contributed by atoms with Crippen molar-refractivity contribution in [3.63, 3.8) is 0 Å². The molecule has 0 spiro atoms. The van der Waals surface area contributed by atoms with Crippen LogP contribution >= 0.6 is 15.9 Å². The molecular weight excluding hydrogens is 386 g/mol. The van der Waals surface area contributed by atoms with E-state index in [-0.39, 0.29) is 5.78 Å². The molecular formula is C19H14BrNO4. The number of aromatic nitrogens is 1. The zero-order valence-electron chi connectivity index (χ0n) is 13.4. The Kier molecular flexibility index (Phi) is 3.84. The Hall–Kier alpha value is -2.60. The van der Waals surface area contributed by atoms with E-state index in [9.17, 15) is 9.59 Å². The van der Waals surface area contributed by atoms with E-state index in [0.29, 0.717) is 35.5 Å². The molecule has 2 heterocycles. The number of fused-ring (bicyclic) bond motifs is 2. The number of ether oxygens (including phenoxy) is 1. The summed E-state index contributed by atoms with van der Waals surface area (Å²) in [5.41, 5.74) is 3.25. The van der Waals surface area contributed by atoms with E-state index in [1.54, 1.807) is 25.2 Å². The summed E-state index contributed by atoms with van der Waals surface area (Å²) in [6, 6.07) is 10.8. The van der Waals surface area contributed by atoms with Gasteiger partial charge in [0.2, 0.25) is 0 Å². The number of benzene rings is 2. The van der Waals surface area contributed by atoms with Gasteiger partial charge in [0, 0.05) is 23.5 Å². The normalized spacial score (nSPS) is 15.9. The SMILES string of the molecule is Cn1c(=O)oc2cc(C=C3CCOc4cc(Br)ccc4C3=O)ccc21. The molecule has 0 fully saturated rings. The Bertz CT molecular complexity index is 1090. The van der Waals surface area contributed by atoms with Crippen molar-refractivity contribution in [1.29, 1.82) is 0 Å². The second-order valence-electron chi connectivity index (χ2n) is 5.89. The molecule has 0 unspecified atom stereocenters. The Labute approximate surface area is 151 Å². The van der Waals surface area contributed by atoms with Crippen LogP contribution in [0, 0.1) is 0 Å². The highest BCUT2D eigenvalue weighted by molar-refractivity contribution is 9.10. The number of oxazole rings is 1. The zero-order valence-corrected chi connectivity index (χ0v) is 15.0. The molecule has 1 aromatic heterocycles. The van der Waals surface area contributed by atoms with E-state index >= 15 is 0 Å². The van der Waals surface area contributed by atoms with Gasteiger partial charge >= 0.3 is 5.76 Å². The number of hydrogen-bond donors (Lipinski definition) is 0. The van der Waals surface area contributed by atoms with Crippen LogP contribution in [0.5, 0.6) is 5.75 Å². The first-order valence-corrected chi connectivity index (χ1v) is 8.59. The molecule has 1 aliphatic heterocycles. The highest BCUT2D eigenvalue weighted by Gasteiger charge is 2.21. The average molecular weight is 400 g/mol. The number of ketones is 1. The van der Waals surface area contributed by atoms with E-state index in [2.05, 4.69) is 15.9 Å². The molecule has 0 bridgehead atoms. The Morgan fingerprint density at radius 1 is 1.16 bits per heavy atom. The van der Waals surface area contributed by atoms with Crippen molar-refractivity contribution in [2.24, 2.45) is 7.05 Å². The summed E-state index contributed by atoms with van der Waals surface area (Å²) >= 11 is 3.39. The van der Waals surface area contributed by atoms with Gasteiger partial charge in [0.1, 0.15) is 5.75 Å². The van der Waals surface area contributed by atoms with Gasteiger partial charge in [-0.15, -0.1) is 0 Å². The highest BCUT2D eigenvalue weighted by atomic mass is 79.9. The summed E-state index contributed by atoms with van der Waals surface area (Å²) in [6.07, 6.45) is 2.34. The van der Waals surface area contributed by atoms with Crippen molar-refractivity contribution in [2.45, 2.75) is 6.42 Å². The summed E-state index contributed by atoms with van der Waals surface area (Å²) in [5, 5.41) is 0. The van der Waals surface area contributed by atoms with Gasteiger partial charge in [-0.1, -0.05) is 22.0 Å². The summed E-state index contributed by atoms with van der Waals surface area (Å²) in [6.45, 7) is 0.434. The molecule has 0 atom stereocenters. The number of hydrogen-bond acceptors (Lipinski definition) is 4. The third-order valence-electron chi connectivity index (χ3n) is 4.27. The molecule has 1 aliphatic rings. The third kappa shape index (κ3) is 2.82. The second-order valence-corrected chi connectivity index (χ2v) is 6.81. The predicted molar refractivity (Wildman–Crippen MR) is 98.0 cm³/mol. The molecule has 0 radical (unpaired) electrons. The average Bonchev–Trinajstić information content (AvgIpc) is 2.77. The van der Waals surface area contributed by atoms with E-state index in [1.807, 2.05) is 24.3 Å². The molecule has 0 saturated carbocycles. The van der Waals surface area contributed by atoms with Crippen molar-refractivity contribution in [3.8, 4) is 5.75 Å². The summed E-state index contributed by atoms with van der Waals surface area (Å²) in [4.78, 5) is 24.4. The standard InChI is InChI=1S/C19H14BrNO4/c1-21-15-5-2-11(9-17(15)25-19(21)23)8-12-6-7-24-16-10-13(20)3-4-14(16)18(12)22/h2-5,8-10H,6-7H2,1H3. The van der Waals surface area contributed by atoms with Crippen LogP contribution in [0.4, 0.5) is 0 Å². The molecule has 25 heavy (non-hydrogen) atoms. The topological polar surface area (TPSA) is 61.4 Å². The van der Waals surface area contributed by atoms with Gasteiger partial charge in [0.05, 0.1) is 17.7 Å². The first-order chi connectivity index (χ1) is 12.0. The number of Topliss-reactive ketones (excluding diaryl/α,β-unsaturated/α-hetero) is 1. The molecule has 0 aliphatic carbocycles. The van der Waals surface area contributed by atoms with Crippen molar-refractivity contribution >= 4 is 38.9 Å². The largest absolute Gasteiger partial charge is 0.492 e. The fourth-order valence-electron chi connectivity index (χ4n) is 2.94. The van der Waals surface area contributed by atoms with Gasteiger partial charge in [-0.25, -0.2) is 4.79 Å². The lowest BCUT2D eigenvalue weighted by Gasteiger charge is -2.05. The van der Waals surface area contributed by atoms with Crippen molar-refractivity contribution in [2.75, 3.05) is 6.61 Å². The monoisotopic (exact) mass is 399 g/mol. The van der Waals surface area contributed by atoms with Crippen LogP contribution in [0.2, 0.25) is 0 Å². The van der Waals surface area contributed by atoms with Gasteiger partial charge in [-0.2, -0.15) is 0 Å². The quantitative estimate of drug-likeness (QED) is 0.581. The van der Waals surface area contributed by atoms with Gasteiger partial charge in [-0.3, -0.25) is 9.36 Å². The van der Waals surface area contributed by atoms with Crippen LogP contribution in [0.3, 0.4) is 0 Å². The van der Waals surface area contributed by atoms with E-state index < -0.39 is 5.76 Å². The minimum absolute atomic E-state index is 0.0467. The maximum absolute atomic E-state index is 12.8. The molecule has 5 nitrogen and oxygen atoms in total. The number of carbonyl (C=O) groups is 1. The van der Waals surface area contributed by atoms with Crippen LogP contribution in [-0.2, 0) is 7.05 Å². The van der Waals surface area contributed by atoms with Crippen LogP contribution in [0.25, 0.3) is 17.2 Å². The molecule has 0 N–H and O–H groups in total. The molecule has 0 amide bonds. The number of aryl methyl sites for hydroxylation is 1. The lowest BCUT2D eigenvalue weighted by molar-refractivity contribution is 0.103. The molecule has 126 valence electrons. The number of nitrogens with zero attached hydrogens (tertiary/aromatic N) is 1. The van der Waals surface area contributed by atoms with Crippen LogP contribution < -0.4 is 10.5 Å². The second kappa shape index (κ2) is 6.04. The Balaban J connectivity index is 1.77. The van der Waals surface area contributed by atoms with Crippen molar-refractivity contribution in [1.82, 2.24) is 4.57 Å². The van der Waals surface area contributed by atoms with Gasteiger partial charge in [-0.05, 0) is 42.0 Å². The maximum Gasteiger partial charge on any atom is 0.419 e. The zero-order chi connectivity index (χ0) is 17.6. The van der Waals surface area contributed by atoms with E-state index in [1.165, 1.54) is 4.57 Å². The summed E-state index contributed by atoms with van der Waals surface area (Å²) in [5.74, 6) is 0.139. The summed E-state index contributed by atoms with van der Waals surface area (Å²) in [7, 11) is 1.66. The first-order valence-electron chi connectivity index (χ1n) is 7.80. The smallest absolute Gasteiger partial charge is 0.419 e. The minimum Gasteiger partial charge on any atom is -0.492 e. The number of halogens is 1. The lowest BCUT2D eigenvalue weighted by atomic mass is 9.99. The molecule has 4 rings (SSSR count). The highest BCUT2D eigenvalue weighted by Crippen LogP contribution is 2.30. The van der Waals surface area contributed by atoms with Crippen LogP contribution in [-0.4, -0.2) is 17.0 Å². The van der Waals surface area contributed by atoms with E-state index in [0.717, 1.165) is 15.6 Å². The van der Waals surface area contributed by atoms with Gasteiger partial charge in [0.25, 0.3) is 0 Å². The van der Waals surface area contributed by atoms with E-state index in [4.69, 9.17) is 9.15 Å².